The van der Waals surface area contributed by atoms with Crippen molar-refractivity contribution >= 4 is 5.97 Å². The van der Waals surface area contributed by atoms with E-state index in [1.54, 1.807) is 7.11 Å². The molecule has 0 aliphatic carbocycles. The van der Waals surface area contributed by atoms with Gasteiger partial charge in [0, 0.05) is 13.7 Å². The van der Waals surface area contributed by atoms with Gasteiger partial charge in [-0.2, -0.15) is 0 Å². The van der Waals surface area contributed by atoms with Crippen LogP contribution < -0.4 is 5.73 Å². The number of methoxy groups -OCH3 is 1. The summed E-state index contributed by atoms with van der Waals surface area (Å²) in [6.45, 7) is 3.35. The molecule has 7 nitrogen and oxygen atoms in total. The lowest BCUT2D eigenvalue weighted by Gasteiger charge is -2.08. The number of carbonyl (C=O) groups is 1. The smallest absolute Gasteiger partial charge is 0.320 e. The lowest BCUT2D eigenvalue weighted by molar-refractivity contribution is -0.139. The Morgan fingerprint density at radius 3 is 1.89 bits per heavy atom. The maximum absolute atomic E-state index is 10.4. The van der Waals surface area contributed by atoms with Gasteiger partial charge in [0.05, 0.1) is 39.6 Å². The van der Waals surface area contributed by atoms with Gasteiger partial charge in [0.1, 0.15) is 6.04 Å². The molecule has 1 atom stereocenters. The van der Waals surface area contributed by atoms with Crippen LogP contribution in [-0.4, -0.2) is 70.5 Å². The first-order valence-electron chi connectivity index (χ1n) is 5.89. The van der Waals surface area contributed by atoms with E-state index in [2.05, 4.69) is 0 Å². The van der Waals surface area contributed by atoms with Crippen LogP contribution in [0.3, 0.4) is 0 Å². The quantitative estimate of drug-likeness (QED) is 0.432. The van der Waals surface area contributed by atoms with Crippen molar-refractivity contribution in [2.75, 3.05) is 53.4 Å². The maximum atomic E-state index is 10.4. The highest BCUT2D eigenvalue weighted by Crippen LogP contribution is 1.90. The third-order valence-corrected chi connectivity index (χ3v) is 2.07. The molecule has 0 aromatic heterocycles. The number of nitrogens with two attached hydrogens (primary N) is 1. The van der Waals surface area contributed by atoms with E-state index in [4.69, 9.17) is 29.8 Å². The van der Waals surface area contributed by atoms with Crippen LogP contribution in [0.5, 0.6) is 0 Å². The first-order chi connectivity index (χ1) is 8.68. The fourth-order valence-corrected chi connectivity index (χ4v) is 1.02. The largest absolute Gasteiger partial charge is 0.480 e. The SMILES string of the molecule is COCCOCCOCCOCCC(N)C(=O)O. The standard InChI is InChI=1S/C11H23NO6/c1-15-4-5-17-8-9-18-7-6-16-3-2-10(12)11(13)14/h10H,2-9,12H2,1H3,(H,13,14). The molecule has 18 heavy (non-hydrogen) atoms. The average molecular weight is 265 g/mol. The maximum Gasteiger partial charge on any atom is 0.320 e. The molecule has 0 saturated carbocycles. The highest BCUT2D eigenvalue weighted by atomic mass is 16.6. The third kappa shape index (κ3) is 11.7. The molecular formula is C11H23NO6. The summed E-state index contributed by atoms with van der Waals surface area (Å²) in [4.78, 5) is 10.4. The summed E-state index contributed by atoms with van der Waals surface area (Å²) in [5.41, 5.74) is 5.30. The molecule has 0 aliphatic rings. The van der Waals surface area contributed by atoms with E-state index in [9.17, 15) is 4.79 Å². The molecule has 0 fully saturated rings. The molecule has 1 unspecified atom stereocenters. The Bertz CT molecular complexity index is 202. The average Bonchev–Trinajstić information content (AvgIpc) is 2.35. The van der Waals surface area contributed by atoms with E-state index in [1.807, 2.05) is 0 Å². The predicted molar refractivity (Wildman–Crippen MR) is 64.6 cm³/mol. The molecule has 0 radical (unpaired) electrons. The van der Waals surface area contributed by atoms with Crippen molar-refractivity contribution in [1.82, 2.24) is 0 Å². The highest BCUT2D eigenvalue weighted by Gasteiger charge is 2.09. The number of rotatable bonds is 13. The minimum atomic E-state index is -1.01. The fraction of sp³-hybridized carbons (Fsp3) is 0.909. The molecule has 0 aliphatic heterocycles. The Hall–Kier alpha value is -0.730. The zero-order valence-electron chi connectivity index (χ0n) is 10.8. The van der Waals surface area contributed by atoms with Crippen LogP contribution in [0.1, 0.15) is 6.42 Å². The Labute approximate surface area is 107 Å². The van der Waals surface area contributed by atoms with E-state index < -0.39 is 12.0 Å². The van der Waals surface area contributed by atoms with Gasteiger partial charge in [-0.1, -0.05) is 0 Å². The minimum absolute atomic E-state index is 0.301. The fourth-order valence-electron chi connectivity index (χ4n) is 1.02. The first kappa shape index (κ1) is 17.3. The summed E-state index contributed by atoms with van der Waals surface area (Å²) in [6, 6.07) is -0.861. The Morgan fingerprint density at radius 1 is 1.00 bits per heavy atom. The van der Waals surface area contributed by atoms with Crippen LogP contribution in [0.15, 0.2) is 0 Å². The Morgan fingerprint density at radius 2 is 1.44 bits per heavy atom. The zero-order valence-corrected chi connectivity index (χ0v) is 10.8. The number of hydrogen-bond acceptors (Lipinski definition) is 6. The molecule has 7 heteroatoms. The van der Waals surface area contributed by atoms with Gasteiger partial charge in [-0.3, -0.25) is 4.79 Å². The molecule has 0 bridgehead atoms. The molecule has 108 valence electrons. The number of aliphatic carboxylic acids is 1. The second-order valence-corrected chi connectivity index (χ2v) is 3.56. The second kappa shape index (κ2) is 12.7. The molecule has 0 heterocycles. The predicted octanol–water partition coefficient (Wildman–Crippen LogP) is -0.515. The number of carboxylic acids is 1. The number of ether oxygens (including phenoxy) is 4. The van der Waals surface area contributed by atoms with Crippen molar-refractivity contribution < 1.29 is 28.8 Å². The van der Waals surface area contributed by atoms with Crippen LogP contribution in [0.4, 0.5) is 0 Å². The van der Waals surface area contributed by atoms with E-state index in [0.29, 0.717) is 52.7 Å². The highest BCUT2D eigenvalue weighted by molar-refractivity contribution is 5.72. The number of hydrogen-bond donors (Lipinski definition) is 2. The Balaban J connectivity index is 3.05. The van der Waals surface area contributed by atoms with Crippen molar-refractivity contribution in [1.29, 1.82) is 0 Å². The Kier molecular flexibility index (Phi) is 12.2. The zero-order chi connectivity index (χ0) is 13.6. The summed E-state index contributed by atoms with van der Waals surface area (Å²) in [5, 5.41) is 8.52. The van der Waals surface area contributed by atoms with E-state index in [0.717, 1.165) is 0 Å². The third-order valence-electron chi connectivity index (χ3n) is 2.07. The molecule has 0 saturated heterocycles. The van der Waals surface area contributed by atoms with Crippen molar-refractivity contribution in [3.63, 3.8) is 0 Å². The summed E-state index contributed by atoms with van der Waals surface area (Å²) >= 11 is 0. The molecular weight excluding hydrogens is 242 g/mol. The molecule has 3 N–H and O–H groups in total. The van der Waals surface area contributed by atoms with Gasteiger partial charge in [-0.05, 0) is 6.42 Å². The summed E-state index contributed by atoms with van der Waals surface area (Å²) < 4.78 is 20.4. The summed E-state index contributed by atoms with van der Waals surface area (Å²) in [5.74, 6) is -1.01. The topological polar surface area (TPSA) is 100 Å². The van der Waals surface area contributed by atoms with Crippen LogP contribution in [-0.2, 0) is 23.7 Å². The van der Waals surface area contributed by atoms with Crippen LogP contribution >= 0.6 is 0 Å². The van der Waals surface area contributed by atoms with Gasteiger partial charge in [0.15, 0.2) is 0 Å². The van der Waals surface area contributed by atoms with E-state index in [-0.39, 0.29) is 0 Å². The second-order valence-electron chi connectivity index (χ2n) is 3.56. The van der Waals surface area contributed by atoms with Crippen molar-refractivity contribution in [3.8, 4) is 0 Å². The summed E-state index contributed by atoms with van der Waals surface area (Å²) in [7, 11) is 1.62. The molecule has 0 amide bonds. The van der Waals surface area contributed by atoms with Crippen LogP contribution in [0.2, 0.25) is 0 Å². The van der Waals surface area contributed by atoms with Crippen molar-refractivity contribution in [2.45, 2.75) is 12.5 Å². The lowest BCUT2D eigenvalue weighted by Crippen LogP contribution is -2.31. The molecule has 0 rings (SSSR count). The van der Waals surface area contributed by atoms with Crippen LogP contribution in [0.25, 0.3) is 0 Å². The lowest BCUT2D eigenvalue weighted by atomic mass is 10.2. The molecule has 0 spiro atoms. The molecule has 0 aromatic rings. The minimum Gasteiger partial charge on any atom is -0.480 e. The number of carboxylic acid groups (broad SMARTS) is 1. The van der Waals surface area contributed by atoms with Gasteiger partial charge >= 0.3 is 5.97 Å². The van der Waals surface area contributed by atoms with Crippen molar-refractivity contribution in [3.05, 3.63) is 0 Å². The van der Waals surface area contributed by atoms with Crippen molar-refractivity contribution in [2.24, 2.45) is 5.73 Å². The molecule has 0 aromatic carbocycles. The van der Waals surface area contributed by atoms with Gasteiger partial charge in [-0.25, -0.2) is 0 Å². The normalized spacial score (nSPS) is 12.6. The van der Waals surface area contributed by atoms with Gasteiger partial charge in [0.2, 0.25) is 0 Å². The van der Waals surface area contributed by atoms with Gasteiger partial charge in [-0.15, -0.1) is 0 Å². The van der Waals surface area contributed by atoms with Crippen LogP contribution in [0, 0.1) is 0 Å². The summed E-state index contributed by atoms with van der Waals surface area (Å²) in [6.07, 6.45) is 0.301. The van der Waals surface area contributed by atoms with E-state index in [1.165, 1.54) is 0 Å². The monoisotopic (exact) mass is 265 g/mol. The first-order valence-corrected chi connectivity index (χ1v) is 5.89. The van der Waals surface area contributed by atoms with E-state index >= 15 is 0 Å². The van der Waals surface area contributed by atoms with Gasteiger partial charge < -0.3 is 29.8 Å². The van der Waals surface area contributed by atoms with Gasteiger partial charge in [0.25, 0.3) is 0 Å².